The summed E-state index contributed by atoms with van der Waals surface area (Å²) in [7, 11) is 0. The molecule has 0 saturated heterocycles. The Hall–Kier alpha value is -1.58. The minimum Gasteiger partial charge on any atom is -0.356 e. The summed E-state index contributed by atoms with van der Waals surface area (Å²) in [5, 5.41) is 7.86. The molecule has 0 amide bonds. The lowest BCUT2D eigenvalue weighted by atomic mass is 10.00. The summed E-state index contributed by atoms with van der Waals surface area (Å²) in [5.41, 5.74) is 4.47. The highest BCUT2D eigenvalue weighted by Crippen LogP contribution is 2.23. The molecule has 2 aromatic rings. The van der Waals surface area contributed by atoms with Crippen LogP contribution in [0.15, 0.2) is 42.5 Å². The number of hydrogen-bond acceptors (Lipinski definition) is 1. The van der Waals surface area contributed by atoms with Gasteiger partial charge >= 0.3 is 0 Å². The average Bonchev–Trinajstić information content (AvgIpc) is 2.52. The zero-order valence-corrected chi connectivity index (χ0v) is 15.6. The Labute approximate surface area is 149 Å². The monoisotopic (exact) mass is 346 g/mol. The van der Waals surface area contributed by atoms with Gasteiger partial charge in [-0.05, 0) is 60.8 Å². The summed E-state index contributed by atoms with van der Waals surface area (Å²) in [5.74, 6) is 0.542. The van der Waals surface area contributed by atoms with Gasteiger partial charge in [0, 0.05) is 10.7 Å². The second-order valence-electron chi connectivity index (χ2n) is 6.05. The number of nitrogens with one attached hydrogen (secondary N) is 2. The van der Waals surface area contributed by atoms with Crippen molar-refractivity contribution in [3.63, 3.8) is 0 Å². The number of anilines is 1. The first-order valence-corrected chi connectivity index (χ1v) is 8.59. The molecule has 2 rings (SSSR count). The Balaban J connectivity index is 2.00. The fraction of sp³-hybridized carbons (Fsp3) is 0.316. The van der Waals surface area contributed by atoms with Crippen LogP contribution in [0.2, 0.25) is 5.02 Å². The topological polar surface area (TPSA) is 24.1 Å². The smallest absolute Gasteiger partial charge is 0.171 e. The largest absolute Gasteiger partial charge is 0.356 e. The van der Waals surface area contributed by atoms with Gasteiger partial charge in [0.2, 0.25) is 0 Å². The van der Waals surface area contributed by atoms with Crippen molar-refractivity contribution in [2.75, 3.05) is 5.32 Å². The predicted octanol–water partition coefficient (Wildman–Crippen LogP) is 5.82. The fourth-order valence-electron chi connectivity index (χ4n) is 2.35. The minimum atomic E-state index is 0.135. The number of thiocarbonyl (C=S) groups is 1. The molecular weight excluding hydrogens is 324 g/mol. The van der Waals surface area contributed by atoms with E-state index < -0.39 is 0 Å². The highest BCUT2D eigenvalue weighted by atomic mass is 35.5. The molecule has 122 valence electrons. The Kier molecular flexibility index (Phi) is 6.03. The van der Waals surface area contributed by atoms with Gasteiger partial charge in [0.1, 0.15) is 0 Å². The number of halogens is 1. The quantitative estimate of drug-likeness (QED) is 0.682. The molecule has 1 atom stereocenters. The lowest BCUT2D eigenvalue weighted by Crippen LogP contribution is -2.31. The van der Waals surface area contributed by atoms with Crippen LogP contribution < -0.4 is 10.6 Å². The highest BCUT2D eigenvalue weighted by molar-refractivity contribution is 7.80. The fourth-order valence-corrected chi connectivity index (χ4v) is 2.81. The minimum absolute atomic E-state index is 0.135. The van der Waals surface area contributed by atoms with Crippen molar-refractivity contribution in [2.45, 2.75) is 39.7 Å². The highest BCUT2D eigenvalue weighted by Gasteiger charge is 2.09. The van der Waals surface area contributed by atoms with Crippen molar-refractivity contribution in [1.82, 2.24) is 5.32 Å². The Morgan fingerprint density at radius 2 is 1.61 bits per heavy atom. The molecule has 0 bridgehead atoms. The van der Waals surface area contributed by atoms with E-state index in [4.69, 9.17) is 23.8 Å². The molecule has 0 aromatic heterocycles. The maximum atomic E-state index is 6.14. The molecule has 2 aromatic carbocycles. The maximum Gasteiger partial charge on any atom is 0.171 e. The number of hydrogen-bond donors (Lipinski definition) is 2. The Morgan fingerprint density at radius 3 is 2.22 bits per heavy atom. The van der Waals surface area contributed by atoms with Gasteiger partial charge in [0.25, 0.3) is 0 Å². The molecule has 0 spiro atoms. The molecule has 0 saturated carbocycles. The molecule has 0 fully saturated rings. The first-order valence-electron chi connectivity index (χ1n) is 7.81. The molecule has 2 N–H and O–H groups in total. The zero-order chi connectivity index (χ0) is 17.0. The van der Waals surface area contributed by atoms with Crippen molar-refractivity contribution < 1.29 is 0 Å². The van der Waals surface area contributed by atoms with Crippen molar-refractivity contribution in [3.05, 3.63) is 64.2 Å². The van der Waals surface area contributed by atoms with Gasteiger partial charge in [-0.3, -0.25) is 0 Å². The van der Waals surface area contributed by atoms with Crippen LogP contribution in [-0.2, 0) is 0 Å². The molecule has 4 heteroatoms. The van der Waals surface area contributed by atoms with Gasteiger partial charge in [-0.15, -0.1) is 0 Å². The molecule has 0 aliphatic heterocycles. The van der Waals surface area contributed by atoms with Gasteiger partial charge in [0.15, 0.2) is 5.11 Å². The van der Waals surface area contributed by atoms with Crippen molar-refractivity contribution in [1.29, 1.82) is 0 Å². The first-order chi connectivity index (χ1) is 10.9. The number of benzene rings is 2. The van der Waals surface area contributed by atoms with Gasteiger partial charge in [-0.25, -0.2) is 0 Å². The van der Waals surface area contributed by atoms with Gasteiger partial charge < -0.3 is 10.6 Å². The second kappa shape index (κ2) is 7.80. The average molecular weight is 347 g/mol. The molecule has 0 aliphatic rings. The normalized spacial score (nSPS) is 12.1. The molecule has 0 radical (unpaired) electrons. The second-order valence-corrected chi connectivity index (χ2v) is 6.87. The molecule has 1 unspecified atom stereocenters. The van der Waals surface area contributed by atoms with E-state index in [9.17, 15) is 0 Å². The summed E-state index contributed by atoms with van der Waals surface area (Å²) in [6, 6.07) is 14.5. The Morgan fingerprint density at radius 1 is 1.00 bits per heavy atom. The van der Waals surface area contributed by atoms with Crippen LogP contribution in [0.4, 0.5) is 5.69 Å². The first kappa shape index (κ1) is 17.8. The van der Waals surface area contributed by atoms with Crippen LogP contribution in [0.1, 0.15) is 49.4 Å². The van der Waals surface area contributed by atoms with Crippen molar-refractivity contribution in [2.24, 2.45) is 0 Å². The van der Waals surface area contributed by atoms with Gasteiger partial charge in [-0.2, -0.15) is 0 Å². The van der Waals surface area contributed by atoms with E-state index in [1.807, 2.05) is 25.1 Å². The third kappa shape index (κ3) is 4.69. The van der Waals surface area contributed by atoms with Crippen LogP contribution in [0, 0.1) is 6.92 Å². The molecular formula is C19H23ClN2S. The summed E-state index contributed by atoms with van der Waals surface area (Å²) in [4.78, 5) is 0. The predicted molar refractivity (Wildman–Crippen MR) is 104 cm³/mol. The van der Waals surface area contributed by atoms with E-state index in [2.05, 4.69) is 55.7 Å². The maximum absolute atomic E-state index is 6.14. The molecule has 0 aliphatic carbocycles. The van der Waals surface area contributed by atoms with E-state index in [0.29, 0.717) is 11.0 Å². The van der Waals surface area contributed by atoms with Crippen molar-refractivity contribution in [3.8, 4) is 0 Å². The molecule has 23 heavy (non-hydrogen) atoms. The Bertz CT molecular complexity index is 680. The van der Waals surface area contributed by atoms with Crippen molar-refractivity contribution >= 4 is 34.6 Å². The summed E-state index contributed by atoms with van der Waals surface area (Å²) >= 11 is 11.6. The summed E-state index contributed by atoms with van der Waals surface area (Å²) in [6.45, 7) is 8.47. The number of rotatable bonds is 4. The molecule has 2 nitrogen and oxygen atoms in total. The summed E-state index contributed by atoms with van der Waals surface area (Å²) < 4.78 is 0. The lowest BCUT2D eigenvalue weighted by molar-refractivity contribution is 0.721. The van der Waals surface area contributed by atoms with Crippen LogP contribution in [-0.4, -0.2) is 5.11 Å². The van der Waals surface area contributed by atoms with E-state index in [1.165, 1.54) is 11.1 Å². The molecule has 0 heterocycles. The lowest BCUT2D eigenvalue weighted by Gasteiger charge is -2.19. The van der Waals surface area contributed by atoms with Crippen LogP contribution in [0.3, 0.4) is 0 Å². The summed E-state index contributed by atoms with van der Waals surface area (Å²) in [6.07, 6.45) is 0. The van der Waals surface area contributed by atoms with E-state index >= 15 is 0 Å². The van der Waals surface area contributed by atoms with E-state index in [0.717, 1.165) is 16.3 Å². The van der Waals surface area contributed by atoms with Crippen LogP contribution in [0.5, 0.6) is 0 Å². The van der Waals surface area contributed by atoms with E-state index in [1.54, 1.807) is 0 Å². The SMILES string of the molecule is Cc1c(Cl)cccc1NC(=S)NC(C)c1ccc(C(C)C)cc1. The van der Waals surface area contributed by atoms with Gasteiger partial charge in [0.05, 0.1) is 6.04 Å². The van der Waals surface area contributed by atoms with Gasteiger partial charge in [-0.1, -0.05) is 55.8 Å². The standard InChI is InChI=1S/C19H23ClN2S/c1-12(2)15-8-10-16(11-9-15)14(4)21-19(23)22-18-7-5-6-17(20)13(18)3/h5-12,14H,1-4H3,(H2,21,22,23). The van der Waals surface area contributed by atoms with E-state index in [-0.39, 0.29) is 6.04 Å². The third-order valence-electron chi connectivity index (χ3n) is 3.97. The zero-order valence-electron chi connectivity index (χ0n) is 14.0. The van der Waals surface area contributed by atoms with Crippen LogP contribution >= 0.6 is 23.8 Å². The van der Waals surface area contributed by atoms with Crippen LogP contribution in [0.25, 0.3) is 0 Å². The third-order valence-corrected chi connectivity index (χ3v) is 4.60.